The summed E-state index contributed by atoms with van der Waals surface area (Å²) in [7, 11) is 2.42. The molecule has 2 aliphatic rings. The quantitative estimate of drug-likeness (QED) is 0.803. The highest BCUT2D eigenvalue weighted by Gasteiger charge is 2.52. The van der Waals surface area contributed by atoms with Gasteiger partial charge >= 0.3 is 11.9 Å². The summed E-state index contributed by atoms with van der Waals surface area (Å²) in [5.41, 5.74) is 0.143. The number of ether oxygens (including phenoxy) is 5. The smallest absolute Gasteiger partial charge is 0.359 e. The molecular formula is C14H18N2O7. The summed E-state index contributed by atoms with van der Waals surface area (Å²) >= 11 is 0. The molecule has 1 N–H and O–H groups in total. The molecule has 3 atom stereocenters. The Morgan fingerprint density at radius 2 is 1.91 bits per heavy atom. The van der Waals surface area contributed by atoms with E-state index in [0.29, 0.717) is 12.3 Å². The number of methoxy groups -OCH3 is 2. The van der Waals surface area contributed by atoms with E-state index in [0.717, 1.165) is 0 Å². The predicted molar refractivity (Wildman–Crippen MR) is 73.8 cm³/mol. The van der Waals surface area contributed by atoms with Crippen LogP contribution in [0.5, 0.6) is 0 Å². The van der Waals surface area contributed by atoms with E-state index in [1.165, 1.54) is 14.2 Å². The Morgan fingerprint density at radius 3 is 2.57 bits per heavy atom. The van der Waals surface area contributed by atoms with Crippen molar-refractivity contribution in [2.24, 2.45) is 0 Å². The Kier molecular flexibility index (Phi) is 3.86. The minimum atomic E-state index is -0.744. The SMILES string of the molecule is COC(=O)c1n[nH]c([C@H]2OC[C@H]3OC(C)(C)O[C@H]23)c1C(=O)OC. The van der Waals surface area contributed by atoms with Crippen molar-refractivity contribution in [1.82, 2.24) is 10.2 Å². The third-order valence-corrected chi connectivity index (χ3v) is 3.81. The topological polar surface area (TPSA) is 109 Å². The van der Waals surface area contributed by atoms with Crippen LogP contribution in [0.1, 0.15) is 46.5 Å². The summed E-state index contributed by atoms with van der Waals surface area (Å²) in [6.07, 6.45) is -1.30. The Bertz CT molecular complexity index is 639. The summed E-state index contributed by atoms with van der Waals surface area (Å²) in [5, 5.41) is 6.55. The molecule has 0 spiro atoms. The van der Waals surface area contributed by atoms with Crippen LogP contribution >= 0.6 is 0 Å². The Morgan fingerprint density at radius 1 is 1.22 bits per heavy atom. The highest BCUT2D eigenvalue weighted by atomic mass is 16.8. The number of nitrogens with zero attached hydrogens (tertiary/aromatic N) is 1. The summed E-state index contributed by atoms with van der Waals surface area (Å²) in [5.74, 6) is -2.20. The molecule has 0 radical (unpaired) electrons. The number of H-pyrrole nitrogens is 1. The van der Waals surface area contributed by atoms with Gasteiger partial charge in [-0.05, 0) is 13.8 Å². The zero-order chi connectivity index (χ0) is 16.8. The van der Waals surface area contributed by atoms with Crippen LogP contribution in [0.2, 0.25) is 0 Å². The highest BCUT2D eigenvalue weighted by Crippen LogP contribution is 2.42. The normalized spacial score (nSPS) is 28.4. The first-order valence-corrected chi connectivity index (χ1v) is 7.10. The number of carbonyl (C=O) groups excluding carboxylic acids is 2. The molecule has 2 aliphatic heterocycles. The first kappa shape index (κ1) is 15.9. The number of hydrogen-bond acceptors (Lipinski definition) is 8. The van der Waals surface area contributed by atoms with E-state index < -0.39 is 29.9 Å². The van der Waals surface area contributed by atoms with Crippen LogP contribution in [0.4, 0.5) is 0 Å². The molecule has 1 aromatic rings. The zero-order valence-electron chi connectivity index (χ0n) is 13.2. The van der Waals surface area contributed by atoms with Gasteiger partial charge in [-0.25, -0.2) is 9.59 Å². The summed E-state index contributed by atoms with van der Waals surface area (Å²) < 4.78 is 26.6. The van der Waals surface area contributed by atoms with Crippen molar-refractivity contribution in [3.05, 3.63) is 17.0 Å². The lowest BCUT2D eigenvalue weighted by Gasteiger charge is -2.21. The first-order valence-electron chi connectivity index (χ1n) is 7.10. The van der Waals surface area contributed by atoms with Crippen LogP contribution in [-0.4, -0.2) is 61.0 Å². The molecule has 0 aliphatic carbocycles. The van der Waals surface area contributed by atoms with Crippen LogP contribution in [-0.2, 0) is 23.7 Å². The van der Waals surface area contributed by atoms with Gasteiger partial charge in [0.05, 0.1) is 26.5 Å². The second kappa shape index (κ2) is 5.59. The first-order chi connectivity index (χ1) is 10.9. The number of aromatic nitrogens is 2. The molecule has 2 fully saturated rings. The molecule has 126 valence electrons. The fourth-order valence-corrected chi connectivity index (χ4v) is 2.90. The van der Waals surface area contributed by atoms with E-state index in [2.05, 4.69) is 14.9 Å². The summed E-state index contributed by atoms with van der Waals surface area (Å²) in [4.78, 5) is 23.9. The third-order valence-electron chi connectivity index (χ3n) is 3.81. The standard InChI is InChI=1S/C14H18N2O7/c1-14(2)22-6-5-21-11(10(6)23-14)8-7(12(17)19-3)9(16-15-8)13(18)20-4/h6,10-11H,5H2,1-4H3,(H,15,16)/t6-,10+,11-/m1/s1. The van der Waals surface area contributed by atoms with Crippen molar-refractivity contribution in [3.63, 3.8) is 0 Å². The molecule has 3 heterocycles. The Balaban J connectivity index is 1.98. The van der Waals surface area contributed by atoms with Gasteiger partial charge in [-0.2, -0.15) is 5.10 Å². The van der Waals surface area contributed by atoms with Crippen LogP contribution < -0.4 is 0 Å². The van der Waals surface area contributed by atoms with Gasteiger partial charge in [-0.15, -0.1) is 0 Å². The average molecular weight is 326 g/mol. The predicted octanol–water partition coefficient (Wildman–Crippen LogP) is 0.574. The molecule has 0 saturated carbocycles. The zero-order valence-corrected chi connectivity index (χ0v) is 13.2. The van der Waals surface area contributed by atoms with Gasteiger partial charge in [-0.1, -0.05) is 0 Å². The highest BCUT2D eigenvalue weighted by molar-refractivity contribution is 6.02. The van der Waals surface area contributed by atoms with Gasteiger partial charge in [0, 0.05) is 0 Å². The molecule has 0 bridgehead atoms. The van der Waals surface area contributed by atoms with Gasteiger partial charge in [0.25, 0.3) is 0 Å². The number of rotatable bonds is 3. The number of carbonyl (C=O) groups is 2. The van der Waals surface area contributed by atoms with Gasteiger partial charge in [-0.3, -0.25) is 5.10 Å². The van der Waals surface area contributed by atoms with Crippen molar-refractivity contribution in [1.29, 1.82) is 0 Å². The van der Waals surface area contributed by atoms with Crippen molar-refractivity contribution >= 4 is 11.9 Å². The molecule has 0 unspecified atom stereocenters. The molecule has 0 amide bonds. The maximum absolute atomic E-state index is 12.1. The summed E-state index contributed by atoms with van der Waals surface area (Å²) in [6, 6.07) is 0. The number of fused-ring (bicyclic) bond motifs is 1. The lowest BCUT2D eigenvalue weighted by molar-refractivity contribution is -0.176. The van der Waals surface area contributed by atoms with E-state index in [1.807, 2.05) is 0 Å². The lowest BCUT2D eigenvalue weighted by atomic mass is 10.0. The number of esters is 2. The monoisotopic (exact) mass is 326 g/mol. The lowest BCUT2D eigenvalue weighted by Crippen LogP contribution is -2.26. The average Bonchev–Trinajstić information content (AvgIpc) is 3.16. The molecular weight excluding hydrogens is 308 g/mol. The van der Waals surface area contributed by atoms with Gasteiger partial charge in [0.15, 0.2) is 11.5 Å². The Labute approximate surface area is 132 Å². The molecule has 1 aromatic heterocycles. The second-order valence-corrected chi connectivity index (χ2v) is 5.74. The third kappa shape index (κ3) is 2.60. The van der Waals surface area contributed by atoms with Crippen molar-refractivity contribution in [2.75, 3.05) is 20.8 Å². The fraction of sp³-hybridized carbons (Fsp3) is 0.643. The van der Waals surface area contributed by atoms with E-state index in [1.54, 1.807) is 13.8 Å². The minimum absolute atomic E-state index is 0.0155. The van der Waals surface area contributed by atoms with Gasteiger partial charge in [0.2, 0.25) is 0 Å². The van der Waals surface area contributed by atoms with Crippen LogP contribution in [0, 0.1) is 0 Å². The van der Waals surface area contributed by atoms with Crippen molar-refractivity contribution in [3.8, 4) is 0 Å². The second-order valence-electron chi connectivity index (χ2n) is 5.74. The fourth-order valence-electron chi connectivity index (χ4n) is 2.90. The number of nitrogens with one attached hydrogen (secondary N) is 1. The summed E-state index contributed by atoms with van der Waals surface area (Å²) in [6.45, 7) is 3.92. The maximum atomic E-state index is 12.1. The molecule has 2 saturated heterocycles. The molecule has 9 heteroatoms. The Hall–Kier alpha value is -1.97. The number of aromatic amines is 1. The van der Waals surface area contributed by atoms with E-state index in [-0.39, 0.29) is 17.4 Å². The number of hydrogen-bond donors (Lipinski definition) is 1. The van der Waals surface area contributed by atoms with E-state index in [4.69, 9.17) is 18.9 Å². The largest absolute Gasteiger partial charge is 0.465 e. The van der Waals surface area contributed by atoms with Crippen LogP contribution in [0.25, 0.3) is 0 Å². The van der Waals surface area contributed by atoms with Crippen LogP contribution in [0.15, 0.2) is 0 Å². The molecule has 0 aromatic carbocycles. The minimum Gasteiger partial charge on any atom is -0.465 e. The van der Waals surface area contributed by atoms with Gasteiger partial charge < -0.3 is 23.7 Å². The maximum Gasteiger partial charge on any atom is 0.359 e. The van der Waals surface area contributed by atoms with Crippen LogP contribution in [0.3, 0.4) is 0 Å². The van der Waals surface area contributed by atoms with Gasteiger partial charge in [0.1, 0.15) is 23.9 Å². The van der Waals surface area contributed by atoms with Crippen molar-refractivity contribution in [2.45, 2.75) is 37.9 Å². The molecule has 3 rings (SSSR count). The van der Waals surface area contributed by atoms with Crippen molar-refractivity contribution < 1.29 is 33.3 Å². The van der Waals surface area contributed by atoms with E-state index in [9.17, 15) is 9.59 Å². The molecule has 9 nitrogen and oxygen atoms in total. The van der Waals surface area contributed by atoms with E-state index >= 15 is 0 Å². The molecule has 23 heavy (non-hydrogen) atoms.